The van der Waals surface area contributed by atoms with E-state index in [0.29, 0.717) is 24.2 Å². The van der Waals surface area contributed by atoms with Crippen molar-refractivity contribution in [2.45, 2.75) is 12.5 Å². The average molecular weight is 337 g/mol. The molecule has 23 heavy (non-hydrogen) atoms. The SMILES string of the molecule is CN(C)S(=O)(=O)N1CC(C)(n2cnc3c(C(N)=O)cccc32)C1. The van der Waals surface area contributed by atoms with E-state index in [-0.39, 0.29) is 0 Å². The van der Waals surface area contributed by atoms with Gasteiger partial charge in [-0.05, 0) is 19.1 Å². The zero-order valence-electron chi connectivity index (χ0n) is 13.2. The van der Waals surface area contributed by atoms with Gasteiger partial charge < -0.3 is 10.3 Å². The first kappa shape index (κ1) is 15.9. The number of carbonyl (C=O) groups is 1. The normalized spacial score (nSPS) is 18.3. The third kappa shape index (κ3) is 2.32. The monoisotopic (exact) mass is 337 g/mol. The summed E-state index contributed by atoms with van der Waals surface area (Å²) >= 11 is 0. The van der Waals surface area contributed by atoms with Gasteiger partial charge in [0, 0.05) is 27.2 Å². The molecule has 8 nitrogen and oxygen atoms in total. The van der Waals surface area contributed by atoms with Gasteiger partial charge in [-0.1, -0.05) is 6.07 Å². The Labute approximate surface area is 134 Å². The third-order valence-electron chi connectivity index (χ3n) is 4.25. The number of aromatic nitrogens is 2. The molecule has 1 saturated heterocycles. The summed E-state index contributed by atoms with van der Waals surface area (Å²) in [5.41, 5.74) is 6.64. The number of hydrogen-bond acceptors (Lipinski definition) is 4. The molecule has 0 saturated carbocycles. The van der Waals surface area contributed by atoms with Crippen LogP contribution in [0.15, 0.2) is 24.5 Å². The lowest BCUT2D eigenvalue weighted by atomic mass is 9.94. The van der Waals surface area contributed by atoms with Crippen molar-refractivity contribution < 1.29 is 13.2 Å². The summed E-state index contributed by atoms with van der Waals surface area (Å²) in [5, 5.41) is 0. The Bertz CT molecular complexity index is 881. The Morgan fingerprint density at radius 3 is 2.57 bits per heavy atom. The van der Waals surface area contributed by atoms with E-state index in [1.165, 1.54) is 22.7 Å². The molecule has 1 aromatic heterocycles. The largest absolute Gasteiger partial charge is 0.366 e. The van der Waals surface area contributed by atoms with Gasteiger partial charge in [-0.2, -0.15) is 17.0 Å². The molecule has 1 aromatic carbocycles. The van der Waals surface area contributed by atoms with Gasteiger partial charge in [0.2, 0.25) is 0 Å². The molecule has 124 valence electrons. The summed E-state index contributed by atoms with van der Waals surface area (Å²) in [6.07, 6.45) is 1.64. The summed E-state index contributed by atoms with van der Waals surface area (Å²) in [6.45, 7) is 2.66. The molecule has 1 aliphatic heterocycles. The predicted molar refractivity (Wildman–Crippen MR) is 86.1 cm³/mol. The fraction of sp³-hybridized carbons (Fsp3) is 0.429. The van der Waals surface area contributed by atoms with Gasteiger partial charge in [-0.15, -0.1) is 0 Å². The second-order valence-electron chi connectivity index (χ2n) is 6.21. The molecule has 9 heteroatoms. The summed E-state index contributed by atoms with van der Waals surface area (Å²) in [6, 6.07) is 5.23. The molecule has 2 aromatic rings. The van der Waals surface area contributed by atoms with E-state index in [0.717, 1.165) is 5.52 Å². The first-order valence-electron chi connectivity index (χ1n) is 7.11. The molecule has 0 unspecified atom stereocenters. The number of primary amides is 1. The maximum atomic E-state index is 12.1. The molecule has 0 bridgehead atoms. The standard InChI is InChI=1S/C14H19N5O3S/c1-14(7-18(8-14)23(21,22)17(2)3)19-9-16-12-10(13(15)20)5-4-6-11(12)19/h4-6,9H,7-8H2,1-3H3,(H2,15,20). The maximum Gasteiger partial charge on any atom is 0.281 e. The highest BCUT2D eigenvalue weighted by Crippen LogP contribution is 2.34. The van der Waals surface area contributed by atoms with Crippen molar-refractivity contribution in [3.05, 3.63) is 30.1 Å². The van der Waals surface area contributed by atoms with Crippen LogP contribution in [0.2, 0.25) is 0 Å². The molecule has 0 atom stereocenters. The second kappa shape index (κ2) is 5.02. The van der Waals surface area contributed by atoms with Crippen LogP contribution in [0, 0.1) is 0 Å². The fourth-order valence-electron chi connectivity index (χ4n) is 2.93. The molecule has 0 radical (unpaired) electrons. The number of nitrogens with zero attached hydrogens (tertiary/aromatic N) is 4. The lowest BCUT2D eigenvalue weighted by molar-refractivity contribution is 0.0980. The highest BCUT2D eigenvalue weighted by atomic mass is 32.2. The molecule has 2 heterocycles. The van der Waals surface area contributed by atoms with Crippen molar-refractivity contribution in [3.8, 4) is 0 Å². The van der Waals surface area contributed by atoms with E-state index in [4.69, 9.17) is 5.73 Å². The molecule has 0 aliphatic carbocycles. The molecular formula is C14H19N5O3S. The van der Waals surface area contributed by atoms with Crippen LogP contribution in [0.25, 0.3) is 11.0 Å². The highest BCUT2D eigenvalue weighted by Gasteiger charge is 2.47. The van der Waals surface area contributed by atoms with Crippen molar-refractivity contribution in [2.24, 2.45) is 5.73 Å². The van der Waals surface area contributed by atoms with Gasteiger partial charge in [-0.25, -0.2) is 4.98 Å². The molecule has 3 rings (SSSR count). The summed E-state index contributed by atoms with van der Waals surface area (Å²) < 4.78 is 28.8. The van der Waals surface area contributed by atoms with E-state index in [1.54, 1.807) is 18.5 Å². The quantitative estimate of drug-likeness (QED) is 0.846. The van der Waals surface area contributed by atoms with Crippen LogP contribution in [0.1, 0.15) is 17.3 Å². The number of hydrogen-bond donors (Lipinski definition) is 1. The van der Waals surface area contributed by atoms with Crippen LogP contribution in [-0.4, -0.2) is 59.7 Å². The average Bonchev–Trinajstić information content (AvgIpc) is 2.87. The van der Waals surface area contributed by atoms with Gasteiger partial charge >= 0.3 is 0 Å². The number of imidazole rings is 1. The summed E-state index contributed by atoms with van der Waals surface area (Å²) in [4.78, 5) is 15.8. The summed E-state index contributed by atoms with van der Waals surface area (Å²) in [7, 11) is -0.397. The van der Waals surface area contributed by atoms with E-state index >= 15 is 0 Å². The van der Waals surface area contributed by atoms with Gasteiger partial charge in [0.15, 0.2) is 0 Å². The van der Waals surface area contributed by atoms with E-state index in [9.17, 15) is 13.2 Å². The molecule has 0 spiro atoms. The lowest BCUT2D eigenvalue weighted by Gasteiger charge is -2.48. The molecule has 1 aliphatic rings. The Morgan fingerprint density at radius 2 is 2.00 bits per heavy atom. The zero-order chi connectivity index (χ0) is 17.0. The Morgan fingerprint density at radius 1 is 1.35 bits per heavy atom. The number of fused-ring (bicyclic) bond motifs is 1. The lowest BCUT2D eigenvalue weighted by Crippen LogP contribution is -2.64. The van der Waals surface area contributed by atoms with Crippen LogP contribution in [-0.2, 0) is 15.7 Å². The maximum absolute atomic E-state index is 12.1. The Hall–Kier alpha value is -1.97. The van der Waals surface area contributed by atoms with Gasteiger partial charge in [-0.3, -0.25) is 4.79 Å². The van der Waals surface area contributed by atoms with Crippen molar-refractivity contribution in [1.29, 1.82) is 0 Å². The number of benzene rings is 1. The number of rotatable bonds is 4. The number of amides is 1. The fourth-order valence-corrected chi connectivity index (χ4v) is 4.27. The third-order valence-corrected chi connectivity index (χ3v) is 6.08. The minimum absolute atomic E-state index is 0.347. The Kier molecular flexibility index (Phi) is 3.47. The number of para-hydroxylation sites is 1. The van der Waals surface area contributed by atoms with E-state index in [1.807, 2.05) is 17.6 Å². The first-order valence-corrected chi connectivity index (χ1v) is 8.50. The van der Waals surface area contributed by atoms with Crippen molar-refractivity contribution in [1.82, 2.24) is 18.2 Å². The topological polar surface area (TPSA) is 102 Å². The van der Waals surface area contributed by atoms with E-state index in [2.05, 4.69) is 4.98 Å². The molecular weight excluding hydrogens is 318 g/mol. The van der Waals surface area contributed by atoms with Crippen molar-refractivity contribution in [3.63, 3.8) is 0 Å². The predicted octanol–water partition coefficient (Wildman–Crippen LogP) is -0.0276. The number of carbonyl (C=O) groups excluding carboxylic acids is 1. The minimum atomic E-state index is -3.42. The van der Waals surface area contributed by atoms with Crippen LogP contribution in [0.4, 0.5) is 0 Å². The number of nitrogens with two attached hydrogens (primary N) is 1. The molecule has 2 N–H and O–H groups in total. The van der Waals surface area contributed by atoms with Crippen molar-refractivity contribution in [2.75, 3.05) is 27.2 Å². The van der Waals surface area contributed by atoms with Crippen LogP contribution in [0.3, 0.4) is 0 Å². The van der Waals surface area contributed by atoms with Crippen LogP contribution < -0.4 is 5.73 Å². The summed E-state index contributed by atoms with van der Waals surface area (Å²) in [5.74, 6) is -0.531. The van der Waals surface area contributed by atoms with Crippen molar-refractivity contribution >= 4 is 27.1 Å². The van der Waals surface area contributed by atoms with Gasteiger partial charge in [0.1, 0.15) is 5.52 Å². The molecule has 1 fully saturated rings. The smallest absolute Gasteiger partial charge is 0.281 e. The zero-order valence-corrected chi connectivity index (χ0v) is 14.0. The Balaban J connectivity index is 1.97. The van der Waals surface area contributed by atoms with Gasteiger partial charge in [0.05, 0.1) is 22.9 Å². The van der Waals surface area contributed by atoms with Crippen LogP contribution in [0.5, 0.6) is 0 Å². The van der Waals surface area contributed by atoms with Gasteiger partial charge in [0.25, 0.3) is 16.1 Å². The second-order valence-corrected chi connectivity index (χ2v) is 8.35. The first-order chi connectivity index (χ1) is 10.7. The highest BCUT2D eigenvalue weighted by molar-refractivity contribution is 7.86. The van der Waals surface area contributed by atoms with E-state index < -0.39 is 21.7 Å². The molecule has 1 amide bonds. The minimum Gasteiger partial charge on any atom is -0.366 e. The van der Waals surface area contributed by atoms with Crippen LogP contribution >= 0.6 is 0 Å².